The molecule has 1 saturated heterocycles. The molecule has 0 saturated carbocycles. The van der Waals surface area contributed by atoms with Crippen molar-refractivity contribution in [1.29, 1.82) is 0 Å². The number of thiocarbonyl (C=S) groups is 1. The summed E-state index contributed by atoms with van der Waals surface area (Å²) in [6.45, 7) is 7.05. The first kappa shape index (κ1) is 22.7. The maximum atomic E-state index is 11.2. The first-order valence-electron chi connectivity index (χ1n) is 10.9. The second-order valence-electron chi connectivity index (χ2n) is 8.10. The minimum absolute atomic E-state index is 0.00651. The van der Waals surface area contributed by atoms with Crippen LogP contribution in [0.5, 0.6) is 5.75 Å². The fourth-order valence-electron chi connectivity index (χ4n) is 4.65. The van der Waals surface area contributed by atoms with Crippen LogP contribution in [0.4, 0.5) is 5.69 Å². The average molecular weight is 466 g/mol. The van der Waals surface area contributed by atoms with Gasteiger partial charge in [0, 0.05) is 30.2 Å². The van der Waals surface area contributed by atoms with E-state index in [0.717, 1.165) is 46.4 Å². The van der Waals surface area contributed by atoms with Crippen LogP contribution >= 0.6 is 12.2 Å². The number of hydrogen-bond donors (Lipinski definition) is 1. The highest BCUT2D eigenvalue weighted by Crippen LogP contribution is 2.42. The number of nitro benzene ring substituents is 1. The topological polar surface area (TPSA) is 85.5 Å². The molecule has 0 amide bonds. The molecule has 1 N–H and O–H groups in total. The molecule has 0 unspecified atom stereocenters. The SMILES string of the molecule is CCCN1C(=S)N[C@@H](c2ccccn2)[C@@H]1c1cc(C)n(-c2ccc([N+](=O)[O-])cc2OC)c1C. The lowest BCUT2D eigenvalue weighted by Crippen LogP contribution is -2.30. The van der Waals surface area contributed by atoms with Crippen molar-refractivity contribution in [2.45, 2.75) is 39.3 Å². The van der Waals surface area contributed by atoms with E-state index in [1.54, 1.807) is 12.3 Å². The Morgan fingerprint density at radius 1 is 1.24 bits per heavy atom. The summed E-state index contributed by atoms with van der Waals surface area (Å²) in [6, 6.07) is 12.6. The van der Waals surface area contributed by atoms with Crippen LogP contribution in [-0.2, 0) is 0 Å². The van der Waals surface area contributed by atoms with Crippen molar-refractivity contribution >= 4 is 23.0 Å². The largest absolute Gasteiger partial charge is 0.494 e. The third-order valence-corrected chi connectivity index (χ3v) is 6.42. The fourth-order valence-corrected chi connectivity index (χ4v) is 4.98. The molecule has 1 aliphatic heterocycles. The quantitative estimate of drug-likeness (QED) is 0.305. The van der Waals surface area contributed by atoms with Gasteiger partial charge in [-0.05, 0) is 62.3 Å². The minimum atomic E-state index is -0.418. The third-order valence-electron chi connectivity index (χ3n) is 6.07. The van der Waals surface area contributed by atoms with E-state index in [4.69, 9.17) is 17.0 Å². The van der Waals surface area contributed by atoms with Gasteiger partial charge in [-0.15, -0.1) is 0 Å². The molecule has 3 aromatic rings. The van der Waals surface area contributed by atoms with Crippen LogP contribution in [0.3, 0.4) is 0 Å². The summed E-state index contributed by atoms with van der Waals surface area (Å²) in [4.78, 5) is 17.6. The van der Waals surface area contributed by atoms with Gasteiger partial charge >= 0.3 is 0 Å². The highest BCUT2D eigenvalue weighted by molar-refractivity contribution is 7.80. The Balaban J connectivity index is 1.85. The number of pyridine rings is 1. The number of ether oxygens (including phenoxy) is 1. The number of nitro groups is 1. The first-order chi connectivity index (χ1) is 15.9. The summed E-state index contributed by atoms with van der Waals surface area (Å²) in [6.07, 6.45) is 2.76. The standard InChI is InChI=1S/C24H27N5O3S/c1-5-12-27-23(22(26-24(27)33)19-8-6-7-11-25-19)18-13-15(2)28(16(18)3)20-10-9-17(29(30)31)14-21(20)32-4/h6-11,13-14,22-23H,5,12H2,1-4H3,(H,26,33)/t22-,23-/m0/s1. The van der Waals surface area contributed by atoms with Gasteiger partial charge in [0.05, 0.1) is 41.6 Å². The molecule has 1 fully saturated rings. The summed E-state index contributed by atoms with van der Waals surface area (Å²) in [5.41, 5.74) is 4.84. The molecular weight excluding hydrogens is 438 g/mol. The number of benzene rings is 1. The summed E-state index contributed by atoms with van der Waals surface area (Å²) in [5.74, 6) is 0.448. The molecule has 33 heavy (non-hydrogen) atoms. The second kappa shape index (κ2) is 9.19. The van der Waals surface area contributed by atoms with Crippen molar-refractivity contribution < 1.29 is 9.66 Å². The normalized spacial score (nSPS) is 17.8. The van der Waals surface area contributed by atoms with E-state index in [1.165, 1.54) is 19.2 Å². The predicted molar refractivity (Wildman–Crippen MR) is 131 cm³/mol. The molecule has 2 atom stereocenters. The fraction of sp³-hybridized carbons (Fsp3) is 0.333. The highest BCUT2D eigenvalue weighted by atomic mass is 32.1. The number of aromatic nitrogens is 2. The van der Waals surface area contributed by atoms with Crippen LogP contribution in [0.15, 0.2) is 48.7 Å². The molecule has 4 rings (SSSR count). The molecule has 2 aromatic heterocycles. The van der Waals surface area contributed by atoms with Crippen LogP contribution in [0.1, 0.15) is 48.1 Å². The lowest BCUT2D eigenvalue weighted by molar-refractivity contribution is -0.384. The van der Waals surface area contributed by atoms with Crippen molar-refractivity contribution in [3.63, 3.8) is 0 Å². The van der Waals surface area contributed by atoms with Gasteiger partial charge in [0.1, 0.15) is 5.75 Å². The van der Waals surface area contributed by atoms with Gasteiger partial charge in [0.2, 0.25) is 0 Å². The van der Waals surface area contributed by atoms with E-state index in [0.29, 0.717) is 5.75 Å². The number of nitrogens with zero attached hydrogens (tertiary/aromatic N) is 4. The van der Waals surface area contributed by atoms with E-state index >= 15 is 0 Å². The zero-order chi connectivity index (χ0) is 23.7. The van der Waals surface area contributed by atoms with Crippen LogP contribution in [0, 0.1) is 24.0 Å². The average Bonchev–Trinajstić information content (AvgIpc) is 3.29. The molecule has 9 heteroatoms. The maximum absolute atomic E-state index is 11.2. The van der Waals surface area contributed by atoms with E-state index < -0.39 is 4.92 Å². The number of methoxy groups -OCH3 is 1. The Morgan fingerprint density at radius 2 is 2.03 bits per heavy atom. The summed E-state index contributed by atoms with van der Waals surface area (Å²) >= 11 is 5.71. The first-order valence-corrected chi connectivity index (χ1v) is 11.3. The number of hydrogen-bond acceptors (Lipinski definition) is 5. The Labute approximate surface area is 198 Å². The predicted octanol–water partition coefficient (Wildman–Crippen LogP) is 4.79. The van der Waals surface area contributed by atoms with E-state index in [2.05, 4.69) is 39.7 Å². The minimum Gasteiger partial charge on any atom is -0.494 e. The van der Waals surface area contributed by atoms with Crippen LogP contribution in [-0.4, -0.2) is 38.1 Å². The van der Waals surface area contributed by atoms with E-state index in [-0.39, 0.29) is 17.8 Å². The molecule has 1 aromatic carbocycles. The summed E-state index contributed by atoms with van der Waals surface area (Å²) in [5, 5.41) is 15.4. The van der Waals surface area contributed by atoms with Gasteiger partial charge in [-0.2, -0.15) is 0 Å². The van der Waals surface area contributed by atoms with Gasteiger partial charge in [0.15, 0.2) is 5.11 Å². The highest BCUT2D eigenvalue weighted by Gasteiger charge is 2.41. The molecule has 1 aliphatic rings. The Hall–Kier alpha value is -3.46. The lowest BCUT2D eigenvalue weighted by atomic mass is 9.96. The number of non-ortho nitro benzene ring substituents is 1. The summed E-state index contributed by atoms with van der Waals surface area (Å²) < 4.78 is 7.61. The number of nitrogens with one attached hydrogen (secondary N) is 1. The van der Waals surface area contributed by atoms with Gasteiger partial charge in [-0.25, -0.2) is 0 Å². The van der Waals surface area contributed by atoms with Crippen molar-refractivity contribution in [3.8, 4) is 11.4 Å². The van der Waals surface area contributed by atoms with Gasteiger partial charge < -0.3 is 19.5 Å². The van der Waals surface area contributed by atoms with Crippen LogP contribution in [0.2, 0.25) is 0 Å². The van der Waals surface area contributed by atoms with Crippen molar-refractivity contribution in [3.05, 3.63) is 81.4 Å². The van der Waals surface area contributed by atoms with Crippen LogP contribution < -0.4 is 10.1 Å². The third kappa shape index (κ3) is 4.04. The van der Waals surface area contributed by atoms with E-state index in [9.17, 15) is 10.1 Å². The Morgan fingerprint density at radius 3 is 2.67 bits per heavy atom. The molecular formula is C24H27N5O3S. The monoisotopic (exact) mass is 465 g/mol. The van der Waals surface area contributed by atoms with E-state index in [1.807, 2.05) is 25.1 Å². The van der Waals surface area contributed by atoms with Gasteiger partial charge in [0.25, 0.3) is 5.69 Å². The smallest absolute Gasteiger partial charge is 0.273 e. The molecule has 0 bridgehead atoms. The van der Waals surface area contributed by atoms with Gasteiger partial charge in [-0.3, -0.25) is 15.1 Å². The van der Waals surface area contributed by atoms with Crippen molar-refractivity contribution in [2.75, 3.05) is 13.7 Å². The second-order valence-corrected chi connectivity index (χ2v) is 8.48. The maximum Gasteiger partial charge on any atom is 0.273 e. The molecule has 0 aliphatic carbocycles. The zero-order valence-electron chi connectivity index (χ0n) is 19.1. The molecule has 172 valence electrons. The molecule has 8 nitrogen and oxygen atoms in total. The molecule has 3 heterocycles. The van der Waals surface area contributed by atoms with Crippen molar-refractivity contribution in [2.24, 2.45) is 0 Å². The van der Waals surface area contributed by atoms with Gasteiger partial charge in [-0.1, -0.05) is 13.0 Å². The number of rotatable bonds is 7. The molecule has 0 spiro atoms. The Kier molecular flexibility index (Phi) is 6.33. The van der Waals surface area contributed by atoms with Crippen molar-refractivity contribution in [1.82, 2.24) is 19.8 Å². The zero-order valence-corrected chi connectivity index (χ0v) is 19.9. The Bertz CT molecular complexity index is 1190. The van der Waals surface area contributed by atoms with Crippen LogP contribution in [0.25, 0.3) is 5.69 Å². The summed E-state index contributed by atoms with van der Waals surface area (Å²) in [7, 11) is 1.52. The molecule has 0 radical (unpaired) electrons. The number of aryl methyl sites for hydroxylation is 1. The lowest BCUT2D eigenvalue weighted by Gasteiger charge is -2.28.